The van der Waals surface area contributed by atoms with Gasteiger partial charge in [0.1, 0.15) is 5.82 Å². The van der Waals surface area contributed by atoms with Crippen LogP contribution < -0.4 is 5.32 Å². The predicted octanol–water partition coefficient (Wildman–Crippen LogP) is 3.97. The molecule has 0 aliphatic rings. The summed E-state index contributed by atoms with van der Waals surface area (Å²) >= 11 is 0. The van der Waals surface area contributed by atoms with Gasteiger partial charge in [-0.05, 0) is 56.1 Å². The highest BCUT2D eigenvalue weighted by Gasteiger charge is 2.08. The lowest BCUT2D eigenvalue weighted by atomic mass is 10.1. The summed E-state index contributed by atoms with van der Waals surface area (Å²) in [5, 5.41) is 3.40. The fourth-order valence-electron chi connectivity index (χ4n) is 2.11. The van der Waals surface area contributed by atoms with Crippen molar-refractivity contribution >= 4 is 0 Å². The van der Waals surface area contributed by atoms with Gasteiger partial charge in [0.2, 0.25) is 0 Å². The smallest absolute Gasteiger partial charge is 0.194 e. The number of aryl methyl sites for hydroxylation is 2. The molecule has 0 aliphatic heterocycles. The Bertz CT molecular complexity index is 578. The van der Waals surface area contributed by atoms with E-state index in [0.717, 1.165) is 37.4 Å². The van der Waals surface area contributed by atoms with Crippen LogP contribution in [0.15, 0.2) is 28.8 Å². The number of nitrogens with one attached hydrogen (secondary N) is 1. The summed E-state index contributed by atoms with van der Waals surface area (Å²) in [6.45, 7) is 8.13. The molecule has 0 saturated heterocycles. The number of hydrogen-bond acceptors (Lipinski definition) is 3. The van der Waals surface area contributed by atoms with E-state index in [1.54, 1.807) is 25.3 Å². The Hall–Kier alpha value is -1.68. The van der Waals surface area contributed by atoms with Crippen LogP contribution in [0.2, 0.25) is 0 Å². The second-order valence-corrected chi connectivity index (χ2v) is 5.78. The number of benzene rings is 1. The minimum Gasteiger partial charge on any atom is -0.441 e. The number of aromatic nitrogens is 1. The SMILES string of the molecule is Cc1cc(-c2cnc(CCCNCC(C)C)o2)ccc1F. The molecule has 0 amide bonds. The third kappa shape index (κ3) is 4.67. The summed E-state index contributed by atoms with van der Waals surface area (Å²) < 4.78 is 19.0. The van der Waals surface area contributed by atoms with E-state index >= 15 is 0 Å². The van der Waals surface area contributed by atoms with Crippen molar-refractivity contribution in [1.82, 2.24) is 10.3 Å². The Morgan fingerprint density at radius 3 is 2.86 bits per heavy atom. The van der Waals surface area contributed by atoms with Crippen molar-refractivity contribution in [2.24, 2.45) is 5.92 Å². The fourth-order valence-corrected chi connectivity index (χ4v) is 2.11. The molecule has 114 valence electrons. The van der Waals surface area contributed by atoms with Crippen LogP contribution in [-0.2, 0) is 6.42 Å². The van der Waals surface area contributed by atoms with E-state index in [-0.39, 0.29) is 5.82 Å². The van der Waals surface area contributed by atoms with Gasteiger partial charge in [0.25, 0.3) is 0 Å². The second-order valence-electron chi connectivity index (χ2n) is 5.78. The maximum Gasteiger partial charge on any atom is 0.194 e. The molecular formula is C17H23FN2O. The van der Waals surface area contributed by atoms with Crippen molar-refractivity contribution in [3.63, 3.8) is 0 Å². The average Bonchev–Trinajstić information content (AvgIpc) is 2.90. The Morgan fingerprint density at radius 1 is 1.33 bits per heavy atom. The summed E-state index contributed by atoms with van der Waals surface area (Å²) in [7, 11) is 0. The molecule has 21 heavy (non-hydrogen) atoms. The van der Waals surface area contributed by atoms with Gasteiger partial charge in [-0.3, -0.25) is 0 Å². The van der Waals surface area contributed by atoms with Crippen LogP contribution in [0.4, 0.5) is 4.39 Å². The summed E-state index contributed by atoms with van der Waals surface area (Å²) in [5.74, 6) is 1.90. The molecule has 0 bridgehead atoms. The van der Waals surface area contributed by atoms with E-state index < -0.39 is 0 Å². The molecule has 1 aromatic carbocycles. The summed E-state index contributed by atoms with van der Waals surface area (Å²) in [6, 6.07) is 4.96. The molecular weight excluding hydrogens is 267 g/mol. The summed E-state index contributed by atoms with van der Waals surface area (Å²) in [4.78, 5) is 4.29. The molecule has 0 atom stereocenters. The third-order valence-corrected chi connectivity index (χ3v) is 3.29. The Morgan fingerprint density at radius 2 is 2.14 bits per heavy atom. The van der Waals surface area contributed by atoms with E-state index in [1.165, 1.54) is 6.07 Å². The van der Waals surface area contributed by atoms with Crippen LogP contribution in [0.5, 0.6) is 0 Å². The van der Waals surface area contributed by atoms with Crippen LogP contribution in [0.25, 0.3) is 11.3 Å². The number of halogens is 1. The van der Waals surface area contributed by atoms with E-state index in [1.807, 2.05) is 0 Å². The highest BCUT2D eigenvalue weighted by atomic mass is 19.1. The Kier molecular flexibility index (Phi) is 5.51. The first kappa shape index (κ1) is 15.7. The van der Waals surface area contributed by atoms with Crippen molar-refractivity contribution < 1.29 is 8.81 Å². The lowest BCUT2D eigenvalue weighted by Crippen LogP contribution is -2.21. The molecule has 3 nitrogen and oxygen atoms in total. The highest BCUT2D eigenvalue weighted by molar-refractivity contribution is 5.57. The van der Waals surface area contributed by atoms with Crippen molar-refractivity contribution in [1.29, 1.82) is 0 Å². The first-order valence-corrected chi connectivity index (χ1v) is 7.48. The van der Waals surface area contributed by atoms with Crippen molar-refractivity contribution in [3.8, 4) is 11.3 Å². The predicted molar refractivity (Wildman–Crippen MR) is 82.7 cm³/mol. The Balaban J connectivity index is 1.87. The van der Waals surface area contributed by atoms with Crippen LogP contribution >= 0.6 is 0 Å². The van der Waals surface area contributed by atoms with Gasteiger partial charge < -0.3 is 9.73 Å². The maximum atomic E-state index is 13.3. The van der Waals surface area contributed by atoms with Gasteiger partial charge in [-0.15, -0.1) is 0 Å². The van der Waals surface area contributed by atoms with E-state index in [9.17, 15) is 4.39 Å². The monoisotopic (exact) mass is 290 g/mol. The van der Waals surface area contributed by atoms with Crippen LogP contribution in [0.3, 0.4) is 0 Å². The first-order valence-electron chi connectivity index (χ1n) is 7.48. The van der Waals surface area contributed by atoms with Gasteiger partial charge in [0.15, 0.2) is 11.7 Å². The molecule has 0 saturated carbocycles. The molecule has 0 fully saturated rings. The van der Waals surface area contributed by atoms with E-state index in [0.29, 0.717) is 17.2 Å². The number of rotatable bonds is 7. The normalized spacial score (nSPS) is 11.3. The molecule has 0 spiro atoms. The lowest BCUT2D eigenvalue weighted by molar-refractivity contribution is 0.483. The quantitative estimate of drug-likeness (QED) is 0.784. The second kappa shape index (κ2) is 7.36. The van der Waals surface area contributed by atoms with Gasteiger partial charge in [0, 0.05) is 12.0 Å². The highest BCUT2D eigenvalue weighted by Crippen LogP contribution is 2.23. The van der Waals surface area contributed by atoms with Gasteiger partial charge in [0.05, 0.1) is 6.20 Å². The lowest BCUT2D eigenvalue weighted by Gasteiger charge is -2.05. The molecule has 1 N–H and O–H groups in total. The Labute approximate surface area is 125 Å². The largest absolute Gasteiger partial charge is 0.441 e. The van der Waals surface area contributed by atoms with Crippen LogP contribution in [0.1, 0.15) is 31.7 Å². The van der Waals surface area contributed by atoms with Crippen molar-refractivity contribution in [3.05, 3.63) is 41.7 Å². The van der Waals surface area contributed by atoms with Crippen LogP contribution in [0, 0.1) is 18.7 Å². The summed E-state index contributed by atoms with van der Waals surface area (Å²) in [5.41, 5.74) is 1.48. The molecule has 2 aromatic rings. The molecule has 2 rings (SSSR count). The van der Waals surface area contributed by atoms with Gasteiger partial charge in [-0.25, -0.2) is 9.37 Å². The van der Waals surface area contributed by atoms with Crippen molar-refractivity contribution in [2.45, 2.75) is 33.6 Å². The van der Waals surface area contributed by atoms with Gasteiger partial charge >= 0.3 is 0 Å². The average molecular weight is 290 g/mol. The first-order chi connectivity index (χ1) is 10.1. The van der Waals surface area contributed by atoms with E-state index in [2.05, 4.69) is 24.1 Å². The molecule has 1 aromatic heterocycles. The molecule has 1 heterocycles. The molecule has 0 unspecified atom stereocenters. The minimum absolute atomic E-state index is 0.199. The van der Waals surface area contributed by atoms with Crippen LogP contribution in [-0.4, -0.2) is 18.1 Å². The zero-order valence-electron chi connectivity index (χ0n) is 12.9. The standard InChI is InChI=1S/C17H23FN2O/c1-12(2)10-19-8-4-5-17-20-11-16(21-17)14-6-7-15(18)13(3)9-14/h6-7,9,11-12,19H,4-5,8,10H2,1-3H3. The molecule has 0 aliphatic carbocycles. The zero-order valence-corrected chi connectivity index (χ0v) is 12.9. The molecule has 4 heteroatoms. The fraction of sp³-hybridized carbons (Fsp3) is 0.471. The van der Waals surface area contributed by atoms with Gasteiger partial charge in [-0.1, -0.05) is 13.8 Å². The number of oxazole rings is 1. The maximum absolute atomic E-state index is 13.3. The van der Waals surface area contributed by atoms with E-state index in [4.69, 9.17) is 4.42 Å². The topological polar surface area (TPSA) is 38.1 Å². The van der Waals surface area contributed by atoms with Gasteiger partial charge in [-0.2, -0.15) is 0 Å². The van der Waals surface area contributed by atoms with Crippen molar-refractivity contribution in [2.75, 3.05) is 13.1 Å². The number of hydrogen-bond donors (Lipinski definition) is 1. The third-order valence-electron chi connectivity index (χ3n) is 3.29. The minimum atomic E-state index is -0.199. The summed E-state index contributed by atoms with van der Waals surface area (Å²) in [6.07, 6.45) is 3.52. The zero-order chi connectivity index (χ0) is 15.2. The molecule has 0 radical (unpaired) electrons. The number of nitrogens with zero attached hydrogens (tertiary/aromatic N) is 1.